The number of nitrogens with one attached hydrogen (secondary N) is 2. The number of hydrogen-bond donors (Lipinski definition) is 3. The lowest BCUT2D eigenvalue weighted by Gasteiger charge is -2.50. The van der Waals surface area contributed by atoms with Gasteiger partial charge in [-0.3, -0.25) is 14.4 Å². The minimum atomic E-state index is -0.859. The summed E-state index contributed by atoms with van der Waals surface area (Å²) in [4.78, 5) is 59.5. The number of likely N-dealkylation sites (tertiary alicyclic amines) is 1. The molecule has 2 heterocycles. The Kier molecular flexibility index (Phi) is 8.33. The molecule has 0 spiro atoms. The molecule has 10 heteroatoms. The van der Waals surface area contributed by atoms with Gasteiger partial charge in [-0.2, -0.15) is 0 Å². The summed E-state index contributed by atoms with van der Waals surface area (Å²) in [6, 6.07) is 6.24. The van der Waals surface area contributed by atoms with E-state index in [4.69, 9.17) is 0 Å². The monoisotopic (exact) mass is 594 g/mol. The molecule has 3 N–H and O–H groups in total. The molecule has 3 saturated carbocycles. The Labute approximate surface area is 251 Å². The Hall–Kier alpha value is -3.11. The molecule has 4 fully saturated rings. The summed E-state index contributed by atoms with van der Waals surface area (Å²) in [5.41, 5.74) is 3.31. The lowest BCUT2D eigenvalue weighted by molar-refractivity contribution is -0.150. The highest BCUT2D eigenvalue weighted by Gasteiger charge is 2.54. The number of hydrogen-bond acceptors (Lipinski definition) is 7. The first-order valence-electron chi connectivity index (χ1n) is 14.9. The second-order valence-electron chi connectivity index (χ2n) is 13.6. The molecule has 2 aromatic rings. The second kappa shape index (κ2) is 11.5. The van der Waals surface area contributed by atoms with E-state index in [0.29, 0.717) is 45.1 Å². The van der Waals surface area contributed by atoms with Crippen molar-refractivity contribution in [3.8, 4) is 10.4 Å². The van der Waals surface area contributed by atoms with Crippen molar-refractivity contribution < 1.29 is 24.3 Å². The van der Waals surface area contributed by atoms with E-state index < -0.39 is 29.0 Å². The van der Waals surface area contributed by atoms with Gasteiger partial charge in [-0.05, 0) is 62.0 Å². The lowest BCUT2D eigenvalue weighted by atomic mass is 9.54. The average molecular weight is 595 g/mol. The maximum atomic E-state index is 14.0. The molecule has 3 aliphatic carbocycles. The molecule has 0 unspecified atom stereocenters. The van der Waals surface area contributed by atoms with Gasteiger partial charge < -0.3 is 25.4 Å². The van der Waals surface area contributed by atoms with E-state index in [1.54, 1.807) is 11.3 Å². The standard InChI is InChI=1S/C32H42N4O5S/c1-20-25(42-19-34-20)22-7-5-21(6-8-22)16-33-27(39)24-15-23(38)17-36(24)28(40)26(30(2,3)4)35-29(41)32-12-9-31(18-37,10-13-32)11-14-32/h5-8,18-19,23-24,26,38H,9-17H2,1-4H3,(H,33,39)(H,35,41)/t23-,24+,26-,31?,32?/m1/s1. The Morgan fingerprint density at radius 2 is 1.76 bits per heavy atom. The fraction of sp³-hybridized carbons (Fsp3) is 0.594. The topological polar surface area (TPSA) is 129 Å². The number of carbonyl (C=O) groups excluding carboxylic acids is 4. The van der Waals surface area contributed by atoms with Gasteiger partial charge >= 0.3 is 0 Å². The third-order valence-electron chi connectivity index (χ3n) is 9.72. The zero-order valence-corrected chi connectivity index (χ0v) is 25.8. The Bertz CT molecular complexity index is 1320. The van der Waals surface area contributed by atoms with Crippen molar-refractivity contribution in [1.82, 2.24) is 20.5 Å². The van der Waals surface area contributed by atoms with Crippen LogP contribution in [-0.2, 0) is 25.7 Å². The molecular weight excluding hydrogens is 552 g/mol. The largest absolute Gasteiger partial charge is 0.391 e. The molecule has 4 aliphatic rings. The van der Waals surface area contributed by atoms with Crippen LogP contribution in [0.1, 0.15) is 77.0 Å². The number of rotatable bonds is 8. The van der Waals surface area contributed by atoms with Crippen LogP contribution >= 0.6 is 11.3 Å². The van der Waals surface area contributed by atoms with Crippen molar-refractivity contribution in [2.45, 2.75) is 97.4 Å². The van der Waals surface area contributed by atoms with Crippen LogP contribution in [0.3, 0.4) is 0 Å². The van der Waals surface area contributed by atoms with E-state index in [0.717, 1.165) is 28.0 Å². The first-order valence-corrected chi connectivity index (χ1v) is 15.8. The number of aryl methyl sites for hydroxylation is 1. The lowest BCUT2D eigenvalue weighted by Crippen LogP contribution is -2.61. The van der Waals surface area contributed by atoms with Crippen molar-refractivity contribution in [3.63, 3.8) is 0 Å². The van der Waals surface area contributed by atoms with E-state index in [1.165, 1.54) is 4.90 Å². The van der Waals surface area contributed by atoms with Crippen LogP contribution in [0.4, 0.5) is 0 Å². The second-order valence-corrected chi connectivity index (χ2v) is 14.5. The number of carbonyl (C=O) groups is 4. The third-order valence-corrected chi connectivity index (χ3v) is 10.7. The zero-order chi connectivity index (χ0) is 30.3. The molecule has 3 atom stereocenters. The number of thiazole rings is 1. The van der Waals surface area contributed by atoms with Gasteiger partial charge in [-0.15, -0.1) is 11.3 Å². The van der Waals surface area contributed by atoms with E-state index in [-0.39, 0.29) is 36.1 Å². The quantitative estimate of drug-likeness (QED) is 0.399. The minimum absolute atomic E-state index is 0.0370. The maximum absolute atomic E-state index is 14.0. The van der Waals surface area contributed by atoms with Crippen LogP contribution in [0.2, 0.25) is 0 Å². The van der Waals surface area contributed by atoms with Gasteiger partial charge in [-0.1, -0.05) is 45.0 Å². The molecule has 1 aromatic carbocycles. The van der Waals surface area contributed by atoms with Crippen molar-refractivity contribution in [3.05, 3.63) is 41.0 Å². The van der Waals surface area contributed by atoms with Crippen molar-refractivity contribution in [2.75, 3.05) is 6.54 Å². The smallest absolute Gasteiger partial charge is 0.246 e. The first-order chi connectivity index (χ1) is 19.9. The highest BCUT2D eigenvalue weighted by atomic mass is 32.1. The average Bonchev–Trinajstić information content (AvgIpc) is 3.60. The van der Waals surface area contributed by atoms with Crippen LogP contribution in [0.15, 0.2) is 29.8 Å². The van der Waals surface area contributed by atoms with Crippen LogP contribution in [0.5, 0.6) is 0 Å². The van der Waals surface area contributed by atoms with E-state index in [2.05, 4.69) is 15.6 Å². The molecule has 1 saturated heterocycles. The fourth-order valence-electron chi connectivity index (χ4n) is 6.80. The van der Waals surface area contributed by atoms with Gasteiger partial charge in [0.2, 0.25) is 17.7 Å². The van der Waals surface area contributed by atoms with Crippen LogP contribution in [-0.4, -0.2) is 63.7 Å². The maximum Gasteiger partial charge on any atom is 0.246 e. The molecule has 2 bridgehead atoms. The molecule has 0 radical (unpaired) electrons. The summed E-state index contributed by atoms with van der Waals surface area (Å²) in [5.74, 6) is -0.834. The van der Waals surface area contributed by atoms with Crippen molar-refractivity contribution >= 4 is 35.3 Å². The fourth-order valence-corrected chi connectivity index (χ4v) is 7.61. The van der Waals surface area contributed by atoms with Gasteiger partial charge in [-0.25, -0.2) is 4.98 Å². The first kappa shape index (κ1) is 30.4. The number of aldehydes is 1. The Morgan fingerprint density at radius 3 is 2.31 bits per heavy atom. The number of nitrogens with zero attached hydrogens (tertiary/aromatic N) is 2. The summed E-state index contributed by atoms with van der Waals surface area (Å²) < 4.78 is 0. The predicted octanol–water partition coefficient (Wildman–Crippen LogP) is 3.77. The number of aliphatic hydroxyl groups is 1. The summed E-state index contributed by atoms with van der Waals surface area (Å²) in [5, 5.41) is 16.5. The van der Waals surface area contributed by atoms with Gasteiger partial charge in [0.1, 0.15) is 18.4 Å². The van der Waals surface area contributed by atoms with E-state index in [9.17, 15) is 24.3 Å². The molecule has 226 valence electrons. The van der Waals surface area contributed by atoms with Crippen LogP contribution in [0.25, 0.3) is 10.4 Å². The summed E-state index contributed by atoms with van der Waals surface area (Å²) in [6.07, 6.45) is 4.41. The summed E-state index contributed by atoms with van der Waals surface area (Å²) >= 11 is 1.58. The summed E-state index contributed by atoms with van der Waals surface area (Å²) in [6.45, 7) is 7.99. The number of aliphatic hydroxyl groups excluding tert-OH is 1. The van der Waals surface area contributed by atoms with Gasteiger partial charge in [0, 0.05) is 30.3 Å². The molecule has 1 aliphatic heterocycles. The van der Waals surface area contributed by atoms with Gasteiger partial charge in [0.25, 0.3) is 0 Å². The van der Waals surface area contributed by atoms with Crippen molar-refractivity contribution in [1.29, 1.82) is 0 Å². The minimum Gasteiger partial charge on any atom is -0.391 e. The third kappa shape index (κ3) is 5.88. The Balaban J connectivity index is 1.25. The number of β-amino-alcohol motifs (C(OH)–C–C–N with tert-alkyl or cyclic N) is 1. The number of aromatic nitrogens is 1. The molecule has 42 heavy (non-hydrogen) atoms. The van der Waals surface area contributed by atoms with E-state index >= 15 is 0 Å². The highest BCUT2D eigenvalue weighted by Crippen LogP contribution is 2.56. The molecule has 6 rings (SSSR count). The highest BCUT2D eigenvalue weighted by molar-refractivity contribution is 7.13. The van der Waals surface area contributed by atoms with E-state index in [1.807, 2.05) is 57.5 Å². The molecule has 3 amide bonds. The van der Waals surface area contributed by atoms with Crippen molar-refractivity contribution in [2.24, 2.45) is 16.2 Å². The summed E-state index contributed by atoms with van der Waals surface area (Å²) in [7, 11) is 0. The van der Waals surface area contributed by atoms with Crippen LogP contribution < -0.4 is 10.6 Å². The molecular formula is C32H42N4O5S. The number of benzene rings is 1. The van der Waals surface area contributed by atoms with Crippen LogP contribution in [0, 0.1) is 23.2 Å². The normalized spacial score (nSPS) is 27.9. The SMILES string of the molecule is Cc1ncsc1-c1ccc(CNC(=O)[C@@H]2C[C@@H](O)CN2C(=O)[C@@H](NC(=O)C23CCC(C=O)(CC2)CC3)C(C)(C)C)cc1. The molecule has 1 aromatic heterocycles. The molecule has 9 nitrogen and oxygen atoms in total. The Morgan fingerprint density at radius 1 is 1.12 bits per heavy atom. The number of amides is 3. The number of fused-ring (bicyclic) bond motifs is 3. The van der Waals surface area contributed by atoms with Gasteiger partial charge in [0.15, 0.2) is 0 Å². The zero-order valence-electron chi connectivity index (χ0n) is 24.9. The predicted molar refractivity (Wildman–Crippen MR) is 160 cm³/mol. The van der Waals surface area contributed by atoms with Gasteiger partial charge in [0.05, 0.1) is 22.2 Å².